The zero-order valence-electron chi connectivity index (χ0n) is 15.4. The Labute approximate surface area is 150 Å². The minimum atomic E-state index is -0.138. The van der Waals surface area contributed by atoms with Crippen molar-refractivity contribution in [1.29, 1.82) is 0 Å². The summed E-state index contributed by atoms with van der Waals surface area (Å²) in [5.74, 6) is 1.81. The number of benzene rings is 2. The van der Waals surface area contributed by atoms with Crippen LogP contribution in [0, 0.1) is 0 Å². The first kappa shape index (κ1) is 18.8. The minimum absolute atomic E-state index is 0.0122. The summed E-state index contributed by atoms with van der Waals surface area (Å²) in [7, 11) is 0. The summed E-state index contributed by atoms with van der Waals surface area (Å²) in [4.78, 5) is 12.0. The zero-order valence-corrected chi connectivity index (χ0v) is 15.4. The topological polar surface area (TPSA) is 47.6 Å². The molecule has 0 aliphatic heterocycles. The average Bonchev–Trinajstić information content (AvgIpc) is 2.59. The molecule has 2 aromatic rings. The number of ether oxygens (including phenoxy) is 2. The van der Waals surface area contributed by atoms with E-state index in [9.17, 15) is 4.79 Å². The third-order valence-electron chi connectivity index (χ3n) is 3.68. The van der Waals surface area contributed by atoms with Crippen molar-refractivity contribution in [2.45, 2.75) is 46.3 Å². The number of rotatable bonds is 8. The van der Waals surface area contributed by atoms with Crippen molar-refractivity contribution in [2.24, 2.45) is 0 Å². The molecule has 0 heterocycles. The molecule has 0 aromatic heterocycles. The highest BCUT2D eigenvalue weighted by Gasteiger charge is 2.09. The maximum Gasteiger partial charge on any atom is 0.258 e. The Kier molecular flexibility index (Phi) is 6.87. The third-order valence-corrected chi connectivity index (χ3v) is 3.68. The lowest BCUT2D eigenvalue weighted by Gasteiger charge is -2.14. The molecule has 0 saturated heterocycles. The number of hydrogen-bond acceptors (Lipinski definition) is 3. The van der Waals surface area contributed by atoms with E-state index in [0.717, 1.165) is 22.6 Å². The number of hydrogen-bond donors (Lipinski definition) is 1. The van der Waals surface area contributed by atoms with Crippen molar-refractivity contribution in [3.8, 4) is 11.5 Å². The molecule has 4 nitrogen and oxygen atoms in total. The molecule has 0 fully saturated rings. The van der Waals surface area contributed by atoms with Crippen LogP contribution in [0.5, 0.6) is 11.5 Å². The monoisotopic (exact) mass is 341 g/mol. The fourth-order valence-electron chi connectivity index (χ4n) is 2.44. The van der Waals surface area contributed by atoms with Gasteiger partial charge in [0.05, 0.1) is 6.10 Å². The summed E-state index contributed by atoms with van der Waals surface area (Å²) in [6, 6.07) is 15.6. The van der Waals surface area contributed by atoms with E-state index in [4.69, 9.17) is 9.47 Å². The van der Waals surface area contributed by atoms with Gasteiger partial charge in [-0.25, -0.2) is 0 Å². The number of amides is 1. The van der Waals surface area contributed by atoms with Gasteiger partial charge < -0.3 is 14.8 Å². The van der Waals surface area contributed by atoms with E-state index in [0.29, 0.717) is 12.5 Å². The van der Waals surface area contributed by atoms with Gasteiger partial charge in [0.1, 0.15) is 11.5 Å². The molecule has 0 unspecified atom stereocenters. The smallest absolute Gasteiger partial charge is 0.258 e. The molecular formula is C21H27NO3. The molecule has 2 aromatic carbocycles. The van der Waals surface area contributed by atoms with Gasteiger partial charge in [0, 0.05) is 6.54 Å². The molecule has 4 heteroatoms. The quantitative estimate of drug-likeness (QED) is 0.779. The summed E-state index contributed by atoms with van der Waals surface area (Å²) in [6.07, 6.45) is 0.149. The minimum Gasteiger partial charge on any atom is -0.491 e. The number of carbonyl (C=O) groups excluding carboxylic acids is 1. The number of para-hydroxylation sites is 1. The van der Waals surface area contributed by atoms with Crippen molar-refractivity contribution in [2.75, 3.05) is 6.61 Å². The highest BCUT2D eigenvalue weighted by molar-refractivity contribution is 5.77. The normalized spacial score (nSPS) is 10.8. The van der Waals surface area contributed by atoms with Crippen molar-refractivity contribution >= 4 is 5.91 Å². The fraction of sp³-hybridized carbons (Fsp3) is 0.381. The Hall–Kier alpha value is -2.49. The second-order valence-corrected chi connectivity index (χ2v) is 6.57. The van der Waals surface area contributed by atoms with Gasteiger partial charge >= 0.3 is 0 Å². The van der Waals surface area contributed by atoms with Crippen LogP contribution in [0.25, 0.3) is 0 Å². The highest BCUT2D eigenvalue weighted by Crippen LogP contribution is 2.25. The summed E-state index contributed by atoms with van der Waals surface area (Å²) in [5, 5.41) is 2.87. The largest absolute Gasteiger partial charge is 0.491 e. The Morgan fingerprint density at radius 3 is 2.32 bits per heavy atom. The molecule has 134 valence electrons. The van der Waals surface area contributed by atoms with Gasteiger partial charge in [-0.05, 0) is 49.1 Å². The van der Waals surface area contributed by atoms with E-state index < -0.39 is 0 Å². The first-order valence-corrected chi connectivity index (χ1v) is 8.69. The molecule has 0 aliphatic carbocycles. The summed E-state index contributed by atoms with van der Waals surface area (Å²) >= 11 is 0. The van der Waals surface area contributed by atoms with Crippen molar-refractivity contribution in [3.63, 3.8) is 0 Å². The molecule has 1 amide bonds. The molecule has 0 radical (unpaired) electrons. The van der Waals surface area contributed by atoms with E-state index in [1.807, 2.05) is 62.4 Å². The van der Waals surface area contributed by atoms with Crippen LogP contribution < -0.4 is 14.8 Å². The van der Waals surface area contributed by atoms with Crippen LogP contribution >= 0.6 is 0 Å². The van der Waals surface area contributed by atoms with Gasteiger partial charge in [-0.1, -0.05) is 44.2 Å². The van der Waals surface area contributed by atoms with E-state index in [2.05, 4.69) is 19.2 Å². The van der Waals surface area contributed by atoms with E-state index >= 15 is 0 Å². The Balaban J connectivity index is 1.81. The molecule has 0 bridgehead atoms. The standard InChI is InChI=1S/C21H27NO3/c1-15(2)19-7-5-6-8-20(19)24-14-21(23)22-13-17-9-11-18(12-10-17)25-16(3)4/h5-12,15-16H,13-14H2,1-4H3,(H,22,23). The van der Waals surface area contributed by atoms with Crippen LogP contribution in [-0.4, -0.2) is 18.6 Å². The first-order valence-electron chi connectivity index (χ1n) is 8.69. The van der Waals surface area contributed by atoms with Crippen LogP contribution in [-0.2, 0) is 11.3 Å². The van der Waals surface area contributed by atoms with Crippen LogP contribution in [0.1, 0.15) is 44.7 Å². The highest BCUT2D eigenvalue weighted by atomic mass is 16.5. The molecule has 25 heavy (non-hydrogen) atoms. The van der Waals surface area contributed by atoms with Gasteiger partial charge in [0.2, 0.25) is 0 Å². The van der Waals surface area contributed by atoms with Crippen LogP contribution in [0.15, 0.2) is 48.5 Å². The second kappa shape index (κ2) is 9.11. The number of carbonyl (C=O) groups is 1. The van der Waals surface area contributed by atoms with Gasteiger partial charge in [0.15, 0.2) is 6.61 Å². The molecule has 0 spiro atoms. The van der Waals surface area contributed by atoms with Crippen LogP contribution in [0.2, 0.25) is 0 Å². The maximum absolute atomic E-state index is 12.0. The number of nitrogens with one attached hydrogen (secondary N) is 1. The summed E-state index contributed by atoms with van der Waals surface area (Å²) in [6.45, 7) is 8.68. The third kappa shape index (κ3) is 6.14. The molecular weight excluding hydrogens is 314 g/mol. The molecule has 0 saturated carbocycles. The maximum atomic E-state index is 12.0. The second-order valence-electron chi connectivity index (χ2n) is 6.57. The Bertz CT molecular complexity index is 678. The molecule has 0 aliphatic rings. The van der Waals surface area contributed by atoms with Gasteiger partial charge in [-0.3, -0.25) is 4.79 Å². The van der Waals surface area contributed by atoms with Gasteiger partial charge in [0.25, 0.3) is 5.91 Å². The SMILES string of the molecule is CC(C)Oc1ccc(CNC(=O)COc2ccccc2C(C)C)cc1. The predicted molar refractivity (Wildman–Crippen MR) is 100 cm³/mol. The first-order chi connectivity index (χ1) is 12.0. The van der Waals surface area contributed by atoms with Crippen molar-refractivity contribution in [1.82, 2.24) is 5.32 Å². The lowest BCUT2D eigenvalue weighted by molar-refractivity contribution is -0.123. The van der Waals surface area contributed by atoms with E-state index in [1.54, 1.807) is 0 Å². The van der Waals surface area contributed by atoms with Crippen molar-refractivity contribution in [3.05, 3.63) is 59.7 Å². The van der Waals surface area contributed by atoms with E-state index in [1.165, 1.54) is 0 Å². The van der Waals surface area contributed by atoms with Crippen molar-refractivity contribution < 1.29 is 14.3 Å². The lowest BCUT2D eigenvalue weighted by atomic mass is 10.0. The Morgan fingerprint density at radius 1 is 1.00 bits per heavy atom. The zero-order chi connectivity index (χ0) is 18.2. The van der Waals surface area contributed by atoms with E-state index in [-0.39, 0.29) is 18.6 Å². The molecule has 0 atom stereocenters. The summed E-state index contributed by atoms with van der Waals surface area (Å²) < 4.78 is 11.3. The average molecular weight is 341 g/mol. The lowest BCUT2D eigenvalue weighted by Crippen LogP contribution is -2.28. The predicted octanol–water partition coefficient (Wildman–Crippen LogP) is 4.29. The van der Waals surface area contributed by atoms with Crippen LogP contribution in [0.3, 0.4) is 0 Å². The Morgan fingerprint density at radius 2 is 1.68 bits per heavy atom. The fourth-order valence-corrected chi connectivity index (χ4v) is 2.44. The summed E-state index contributed by atoms with van der Waals surface area (Å²) in [5.41, 5.74) is 2.13. The van der Waals surface area contributed by atoms with Gasteiger partial charge in [-0.2, -0.15) is 0 Å². The van der Waals surface area contributed by atoms with Crippen LogP contribution in [0.4, 0.5) is 0 Å². The molecule has 1 N–H and O–H groups in total. The van der Waals surface area contributed by atoms with Gasteiger partial charge in [-0.15, -0.1) is 0 Å². The molecule has 2 rings (SSSR count).